The molecule has 5 heteroatoms. The van der Waals surface area contributed by atoms with Crippen LogP contribution in [0.4, 0.5) is 5.69 Å². The van der Waals surface area contributed by atoms with E-state index in [1.165, 1.54) is 0 Å². The summed E-state index contributed by atoms with van der Waals surface area (Å²) in [6.07, 6.45) is 1.57. The largest absolute Gasteiger partial charge is 0.495 e. The van der Waals surface area contributed by atoms with Crippen LogP contribution < -0.4 is 10.1 Å². The highest BCUT2D eigenvalue weighted by Gasteiger charge is 2.21. The Bertz CT molecular complexity index is 596. The number of rotatable bonds is 5. The molecule has 0 saturated heterocycles. The highest BCUT2D eigenvalue weighted by atomic mass is 16.5. The fourth-order valence-electron chi connectivity index (χ4n) is 1.86. The van der Waals surface area contributed by atoms with Gasteiger partial charge in [0.1, 0.15) is 5.75 Å². The molecule has 0 aliphatic heterocycles. The van der Waals surface area contributed by atoms with Crippen molar-refractivity contribution < 1.29 is 14.6 Å². The van der Waals surface area contributed by atoms with E-state index in [9.17, 15) is 9.90 Å². The minimum atomic E-state index is -0.971. The van der Waals surface area contributed by atoms with E-state index in [0.717, 1.165) is 5.69 Å². The van der Waals surface area contributed by atoms with Gasteiger partial charge < -0.3 is 15.2 Å². The van der Waals surface area contributed by atoms with E-state index >= 15 is 0 Å². The standard InChI is InChI=1S/C15H16N2O3/c1-10-7-8-11(9-16-10)14(15(18)19)17-12-5-3-4-6-13(12)20-2/h3-9,14,17H,1-2H3,(H,18,19). The maximum atomic E-state index is 11.5. The predicted octanol–water partition coefficient (Wildman–Crippen LogP) is 2.64. The zero-order valence-electron chi connectivity index (χ0n) is 11.3. The van der Waals surface area contributed by atoms with Crippen LogP contribution in [0.5, 0.6) is 5.75 Å². The Hall–Kier alpha value is -2.56. The molecular weight excluding hydrogens is 256 g/mol. The van der Waals surface area contributed by atoms with Crippen LogP contribution in [0.15, 0.2) is 42.6 Å². The number of pyridine rings is 1. The van der Waals surface area contributed by atoms with Gasteiger partial charge >= 0.3 is 5.97 Å². The molecule has 0 fully saturated rings. The summed E-state index contributed by atoms with van der Waals surface area (Å²) in [5.74, 6) is -0.375. The Morgan fingerprint density at radius 1 is 1.30 bits per heavy atom. The summed E-state index contributed by atoms with van der Waals surface area (Å²) in [4.78, 5) is 15.6. The molecule has 0 aliphatic carbocycles. The summed E-state index contributed by atoms with van der Waals surface area (Å²) in [7, 11) is 1.55. The van der Waals surface area contributed by atoms with Gasteiger partial charge in [0.2, 0.25) is 0 Å². The number of carboxylic acids is 1. The molecule has 20 heavy (non-hydrogen) atoms. The van der Waals surface area contributed by atoms with E-state index in [4.69, 9.17) is 4.74 Å². The predicted molar refractivity (Wildman–Crippen MR) is 76.0 cm³/mol. The van der Waals surface area contributed by atoms with Crippen molar-refractivity contribution in [2.75, 3.05) is 12.4 Å². The third-order valence-corrected chi connectivity index (χ3v) is 2.92. The number of aliphatic carboxylic acids is 1. The molecule has 5 nitrogen and oxygen atoms in total. The number of nitrogens with one attached hydrogen (secondary N) is 1. The zero-order chi connectivity index (χ0) is 14.5. The van der Waals surface area contributed by atoms with Gasteiger partial charge in [0, 0.05) is 17.5 Å². The van der Waals surface area contributed by atoms with Gasteiger partial charge in [0.15, 0.2) is 6.04 Å². The molecule has 1 unspecified atom stereocenters. The van der Waals surface area contributed by atoms with E-state index in [1.54, 1.807) is 37.6 Å². The topological polar surface area (TPSA) is 71.5 Å². The number of hydrogen-bond donors (Lipinski definition) is 2. The lowest BCUT2D eigenvalue weighted by atomic mass is 10.1. The molecule has 0 radical (unpaired) electrons. The van der Waals surface area contributed by atoms with E-state index in [-0.39, 0.29) is 0 Å². The molecule has 0 spiro atoms. The van der Waals surface area contributed by atoms with Crippen LogP contribution in [0.1, 0.15) is 17.3 Å². The minimum Gasteiger partial charge on any atom is -0.495 e. The van der Waals surface area contributed by atoms with Crippen LogP contribution in [-0.2, 0) is 4.79 Å². The average Bonchev–Trinajstić information content (AvgIpc) is 2.46. The van der Waals surface area contributed by atoms with Crippen LogP contribution >= 0.6 is 0 Å². The maximum absolute atomic E-state index is 11.5. The first-order valence-corrected chi connectivity index (χ1v) is 6.16. The summed E-state index contributed by atoms with van der Waals surface area (Å²) in [6.45, 7) is 1.85. The van der Waals surface area contributed by atoms with Gasteiger partial charge in [-0.2, -0.15) is 0 Å². The molecule has 0 bridgehead atoms. The van der Waals surface area contributed by atoms with Gasteiger partial charge in [-0.3, -0.25) is 4.98 Å². The number of anilines is 1. The van der Waals surface area contributed by atoms with Crippen molar-refractivity contribution in [3.8, 4) is 5.75 Å². The van der Waals surface area contributed by atoms with Gasteiger partial charge in [-0.05, 0) is 25.1 Å². The molecule has 2 N–H and O–H groups in total. The molecule has 0 saturated carbocycles. The van der Waals surface area contributed by atoms with Crippen molar-refractivity contribution in [1.29, 1.82) is 0 Å². The second kappa shape index (κ2) is 6.06. The fraction of sp³-hybridized carbons (Fsp3) is 0.200. The van der Waals surface area contributed by atoms with Crippen molar-refractivity contribution in [2.45, 2.75) is 13.0 Å². The van der Waals surface area contributed by atoms with Crippen molar-refractivity contribution in [3.05, 3.63) is 53.9 Å². The van der Waals surface area contributed by atoms with E-state index in [2.05, 4.69) is 10.3 Å². The van der Waals surface area contributed by atoms with Crippen molar-refractivity contribution in [3.63, 3.8) is 0 Å². The Morgan fingerprint density at radius 2 is 2.05 bits per heavy atom. The quantitative estimate of drug-likeness (QED) is 0.875. The molecule has 1 aromatic carbocycles. The zero-order valence-corrected chi connectivity index (χ0v) is 11.3. The Labute approximate surface area is 117 Å². The van der Waals surface area contributed by atoms with Gasteiger partial charge in [-0.25, -0.2) is 4.79 Å². The van der Waals surface area contributed by atoms with E-state index in [0.29, 0.717) is 17.0 Å². The molecule has 0 aliphatic rings. The van der Waals surface area contributed by atoms with Gasteiger partial charge in [0.25, 0.3) is 0 Å². The molecule has 2 rings (SSSR count). The number of carbonyl (C=O) groups is 1. The van der Waals surface area contributed by atoms with Gasteiger partial charge in [-0.15, -0.1) is 0 Å². The third-order valence-electron chi connectivity index (χ3n) is 2.92. The SMILES string of the molecule is COc1ccccc1NC(C(=O)O)c1ccc(C)nc1. The lowest BCUT2D eigenvalue weighted by Crippen LogP contribution is -2.21. The monoisotopic (exact) mass is 272 g/mol. The van der Waals surface area contributed by atoms with Crippen LogP contribution in [0.25, 0.3) is 0 Å². The lowest BCUT2D eigenvalue weighted by molar-refractivity contribution is -0.138. The van der Waals surface area contributed by atoms with Crippen LogP contribution in [0.3, 0.4) is 0 Å². The minimum absolute atomic E-state index is 0.592. The number of aryl methyl sites for hydroxylation is 1. The molecule has 104 valence electrons. The van der Waals surface area contributed by atoms with E-state index < -0.39 is 12.0 Å². The Morgan fingerprint density at radius 3 is 2.65 bits per heavy atom. The van der Waals surface area contributed by atoms with Crippen molar-refractivity contribution >= 4 is 11.7 Å². The molecule has 1 aromatic heterocycles. The molecule has 1 atom stereocenters. The Balaban J connectivity index is 2.30. The van der Waals surface area contributed by atoms with E-state index in [1.807, 2.05) is 19.1 Å². The summed E-state index contributed by atoms with van der Waals surface area (Å²) in [6, 6.07) is 9.85. The second-order valence-corrected chi connectivity index (χ2v) is 4.35. The lowest BCUT2D eigenvalue weighted by Gasteiger charge is -2.18. The molecule has 2 aromatic rings. The summed E-state index contributed by atoms with van der Waals surface area (Å²) < 4.78 is 5.21. The number of ether oxygens (including phenoxy) is 1. The highest BCUT2D eigenvalue weighted by molar-refractivity contribution is 5.80. The van der Waals surface area contributed by atoms with Crippen molar-refractivity contribution in [1.82, 2.24) is 4.98 Å². The third kappa shape index (κ3) is 3.06. The van der Waals surface area contributed by atoms with Gasteiger partial charge in [-0.1, -0.05) is 18.2 Å². The highest BCUT2D eigenvalue weighted by Crippen LogP contribution is 2.27. The first kappa shape index (κ1) is 13.9. The van der Waals surface area contributed by atoms with Crippen LogP contribution in [0, 0.1) is 6.92 Å². The number of benzene rings is 1. The summed E-state index contributed by atoms with van der Waals surface area (Å²) in [5, 5.41) is 12.4. The van der Waals surface area contributed by atoms with Crippen LogP contribution in [0.2, 0.25) is 0 Å². The summed E-state index contributed by atoms with van der Waals surface area (Å²) >= 11 is 0. The number of hydrogen-bond acceptors (Lipinski definition) is 4. The smallest absolute Gasteiger partial charge is 0.330 e. The average molecular weight is 272 g/mol. The first-order valence-electron chi connectivity index (χ1n) is 6.16. The number of carboxylic acid groups (broad SMARTS) is 1. The normalized spacial score (nSPS) is 11.7. The first-order chi connectivity index (χ1) is 9.61. The second-order valence-electron chi connectivity index (χ2n) is 4.35. The van der Waals surface area contributed by atoms with Gasteiger partial charge in [0.05, 0.1) is 12.8 Å². The summed E-state index contributed by atoms with van der Waals surface area (Å²) in [5.41, 5.74) is 2.06. The molecule has 1 heterocycles. The maximum Gasteiger partial charge on any atom is 0.330 e. The fourth-order valence-corrected chi connectivity index (χ4v) is 1.86. The number of aromatic nitrogens is 1. The van der Waals surface area contributed by atoms with Crippen molar-refractivity contribution in [2.24, 2.45) is 0 Å². The number of nitrogens with zero attached hydrogens (tertiary/aromatic N) is 1. The Kier molecular flexibility index (Phi) is 4.20. The number of para-hydroxylation sites is 2. The number of methoxy groups -OCH3 is 1. The molecular formula is C15H16N2O3. The molecule has 0 amide bonds. The van der Waals surface area contributed by atoms with Crippen LogP contribution in [-0.4, -0.2) is 23.2 Å².